The second-order valence-corrected chi connectivity index (χ2v) is 5.76. The monoisotopic (exact) mass is 295 g/mol. The van der Waals surface area contributed by atoms with Crippen molar-refractivity contribution in [3.63, 3.8) is 0 Å². The van der Waals surface area contributed by atoms with E-state index in [0.717, 1.165) is 12.1 Å². The molecule has 1 aromatic carbocycles. The molecule has 0 fully saturated rings. The second kappa shape index (κ2) is 7.14. The second-order valence-electron chi connectivity index (χ2n) is 5.76. The van der Waals surface area contributed by atoms with Gasteiger partial charge in [0.15, 0.2) is 0 Å². The van der Waals surface area contributed by atoms with E-state index in [4.69, 9.17) is 5.26 Å². The Labute approximate surface area is 123 Å². The lowest BCUT2D eigenvalue weighted by atomic mass is 10.1. The van der Waals surface area contributed by atoms with Crippen molar-refractivity contribution in [3.8, 4) is 6.07 Å². The normalized spacial score (nSPS) is 11.0. The van der Waals surface area contributed by atoms with Crippen molar-refractivity contribution in [1.82, 2.24) is 10.6 Å². The van der Waals surface area contributed by atoms with Crippen molar-refractivity contribution in [3.05, 3.63) is 34.9 Å². The number of nitrogens with zero attached hydrogens (tertiary/aromatic N) is 1. The van der Waals surface area contributed by atoms with Crippen molar-refractivity contribution in [2.24, 2.45) is 0 Å². The van der Waals surface area contributed by atoms with Crippen LogP contribution in [-0.2, 0) is 11.3 Å². The summed E-state index contributed by atoms with van der Waals surface area (Å²) in [6.07, 6.45) is 0.219. The lowest BCUT2D eigenvalue weighted by molar-refractivity contribution is -0.122. The van der Waals surface area contributed by atoms with Crippen LogP contribution in [0.3, 0.4) is 0 Å². The predicted octanol–water partition coefficient (Wildman–Crippen LogP) is 2.23. The fourth-order valence-electron chi connectivity index (χ4n) is 1.73. The molecule has 0 aliphatic heterocycles. The van der Waals surface area contributed by atoms with E-state index in [1.807, 2.05) is 20.8 Å². The van der Waals surface area contributed by atoms with Gasteiger partial charge in [0.05, 0.1) is 11.6 Å². The topological polar surface area (TPSA) is 64.9 Å². The van der Waals surface area contributed by atoms with Crippen molar-refractivity contribution in [2.45, 2.75) is 39.3 Å². The van der Waals surface area contributed by atoms with Gasteiger partial charge in [0.1, 0.15) is 11.6 Å². The summed E-state index contributed by atoms with van der Waals surface area (Å²) in [7, 11) is 0. The van der Waals surface area contributed by atoms with Crippen LogP contribution in [0.25, 0.3) is 0 Å². The summed E-state index contributed by atoms with van der Waals surface area (Å²) in [5.41, 5.74) is -0.494. The molecule has 21 heavy (non-hydrogen) atoms. The summed E-state index contributed by atoms with van der Waals surface area (Å²) in [5.74, 6) is -1.66. The maximum Gasteiger partial charge on any atom is 0.221 e. The van der Waals surface area contributed by atoms with Gasteiger partial charge in [-0.2, -0.15) is 5.26 Å². The summed E-state index contributed by atoms with van der Waals surface area (Å²) >= 11 is 0. The zero-order valence-electron chi connectivity index (χ0n) is 12.4. The van der Waals surface area contributed by atoms with Crippen LogP contribution in [-0.4, -0.2) is 18.0 Å². The molecule has 0 spiro atoms. The summed E-state index contributed by atoms with van der Waals surface area (Å²) in [6.45, 7) is 5.90. The van der Waals surface area contributed by atoms with Crippen LogP contribution in [0, 0.1) is 23.0 Å². The van der Waals surface area contributed by atoms with Gasteiger partial charge in [0.2, 0.25) is 5.91 Å². The van der Waals surface area contributed by atoms with Gasteiger partial charge in [-0.1, -0.05) is 0 Å². The first-order valence-electron chi connectivity index (χ1n) is 6.62. The number of rotatable bonds is 5. The third-order valence-corrected chi connectivity index (χ3v) is 2.62. The summed E-state index contributed by atoms with van der Waals surface area (Å²) in [6, 6.07) is 3.67. The van der Waals surface area contributed by atoms with Gasteiger partial charge in [0, 0.05) is 30.6 Å². The first kappa shape index (κ1) is 17.1. The number of halogens is 2. The minimum atomic E-state index is -0.766. The molecule has 0 atom stereocenters. The van der Waals surface area contributed by atoms with E-state index in [0.29, 0.717) is 6.54 Å². The zero-order chi connectivity index (χ0) is 16.0. The van der Waals surface area contributed by atoms with E-state index in [-0.39, 0.29) is 35.5 Å². The number of carbonyl (C=O) groups excluding carboxylic acids is 1. The van der Waals surface area contributed by atoms with E-state index in [9.17, 15) is 13.6 Å². The Morgan fingerprint density at radius 3 is 2.33 bits per heavy atom. The average Bonchev–Trinajstić information content (AvgIpc) is 2.34. The molecule has 114 valence electrons. The van der Waals surface area contributed by atoms with Crippen LogP contribution in [0.1, 0.15) is 38.3 Å². The van der Waals surface area contributed by atoms with E-state index in [1.165, 1.54) is 0 Å². The van der Waals surface area contributed by atoms with Crippen LogP contribution in [0.5, 0.6) is 0 Å². The number of amides is 1. The van der Waals surface area contributed by atoms with Gasteiger partial charge in [0.25, 0.3) is 0 Å². The van der Waals surface area contributed by atoms with Crippen molar-refractivity contribution in [2.75, 3.05) is 6.54 Å². The molecule has 0 aromatic heterocycles. The highest BCUT2D eigenvalue weighted by Crippen LogP contribution is 2.14. The highest BCUT2D eigenvalue weighted by Gasteiger charge is 2.14. The maximum absolute atomic E-state index is 13.6. The Bertz CT molecular complexity index is 536. The molecule has 0 aliphatic carbocycles. The van der Waals surface area contributed by atoms with Gasteiger partial charge < -0.3 is 10.6 Å². The van der Waals surface area contributed by atoms with E-state index >= 15 is 0 Å². The minimum Gasteiger partial charge on any atom is -0.351 e. The van der Waals surface area contributed by atoms with Crippen LogP contribution < -0.4 is 10.6 Å². The van der Waals surface area contributed by atoms with Gasteiger partial charge in [-0.25, -0.2) is 8.78 Å². The van der Waals surface area contributed by atoms with Crippen molar-refractivity contribution >= 4 is 5.91 Å². The third kappa shape index (κ3) is 5.88. The van der Waals surface area contributed by atoms with Crippen LogP contribution in [0.2, 0.25) is 0 Å². The molecule has 1 aromatic rings. The molecule has 0 heterocycles. The molecule has 4 nitrogen and oxygen atoms in total. The van der Waals surface area contributed by atoms with Gasteiger partial charge in [-0.3, -0.25) is 4.79 Å². The Morgan fingerprint density at radius 1 is 1.29 bits per heavy atom. The summed E-state index contributed by atoms with van der Waals surface area (Å²) in [4.78, 5) is 11.6. The van der Waals surface area contributed by atoms with Crippen LogP contribution >= 0.6 is 0 Å². The SMILES string of the molecule is CC(C)(C)NC(=O)CCNCc1c(F)cc(C#N)cc1F. The molecule has 0 saturated heterocycles. The summed E-state index contributed by atoms with van der Waals surface area (Å²) < 4.78 is 27.2. The molecule has 0 aliphatic rings. The lowest BCUT2D eigenvalue weighted by Crippen LogP contribution is -2.41. The Balaban J connectivity index is 2.47. The van der Waals surface area contributed by atoms with E-state index < -0.39 is 11.6 Å². The summed E-state index contributed by atoms with van der Waals surface area (Å²) in [5, 5.41) is 14.2. The molecule has 0 unspecified atom stereocenters. The number of nitrogens with one attached hydrogen (secondary N) is 2. The molecule has 1 amide bonds. The zero-order valence-corrected chi connectivity index (χ0v) is 12.4. The maximum atomic E-state index is 13.6. The number of nitriles is 1. The number of hydrogen-bond donors (Lipinski definition) is 2. The molecule has 0 radical (unpaired) electrons. The highest BCUT2D eigenvalue weighted by atomic mass is 19.1. The lowest BCUT2D eigenvalue weighted by Gasteiger charge is -2.20. The molecule has 2 N–H and O–H groups in total. The first-order valence-corrected chi connectivity index (χ1v) is 6.62. The number of hydrogen-bond acceptors (Lipinski definition) is 3. The highest BCUT2D eigenvalue weighted by molar-refractivity contribution is 5.76. The molecular formula is C15H19F2N3O. The molecular weight excluding hydrogens is 276 g/mol. The van der Waals surface area contributed by atoms with E-state index in [2.05, 4.69) is 10.6 Å². The Kier molecular flexibility index (Phi) is 5.79. The van der Waals surface area contributed by atoms with Gasteiger partial charge in [-0.05, 0) is 32.9 Å². The van der Waals surface area contributed by atoms with Crippen LogP contribution in [0.4, 0.5) is 8.78 Å². The van der Waals surface area contributed by atoms with Crippen LogP contribution in [0.15, 0.2) is 12.1 Å². The minimum absolute atomic E-state index is 0.0355. The number of benzene rings is 1. The molecule has 0 saturated carbocycles. The standard InChI is InChI=1S/C15H19F2N3O/c1-15(2,3)20-14(21)4-5-19-9-11-12(16)6-10(8-18)7-13(11)17/h6-7,19H,4-5,9H2,1-3H3,(H,20,21). The van der Waals surface area contributed by atoms with Gasteiger partial charge >= 0.3 is 0 Å². The quantitative estimate of drug-likeness (QED) is 0.819. The first-order chi connectivity index (χ1) is 9.73. The molecule has 6 heteroatoms. The van der Waals surface area contributed by atoms with Gasteiger partial charge in [-0.15, -0.1) is 0 Å². The number of carbonyl (C=O) groups is 1. The largest absolute Gasteiger partial charge is 0.351 e. The Morgan fingerprint density at radius 2 is 1.86 bits per heavy atom. The average molecular weight is 295 g/mol. The molecule has 1 rings (SSSR count). The van der Waals surface area contributed by atoms with E-state index in [1.54, 1.807) is 6.07 Å². The van der Waals surface area contributed by atoms with Crippen molar-refractivity contribution < 1.29 is 13.6 Å². The molecule has 0 bridgehead atoms. The smallest absolute Gasteiger partial charge is 0.221 e. The fourth-order valence-corrected chi connectivity index (χ4v) is 1.73. The predicted molar refractivity (Wildman–Crippen MR) is 75.3 cm³/mol. The van der Waals surface area contributed by atoms with Crippen molar-refractivity contribution in [1.29, 1.82) is 5.26 Å². The Hall–Kier alpha value is -2.00. The third-order valence-electron chi connectivity index (χ3n) is 2.62. The fraction of sp³-hybridized carbons (Fsp3) is 0.467.